The first kappa shape index (κ1) is 12.4. The van der Waals surface area contributed by atoms with Crippen LogP contribution in [0.5, 0.6) is 0 Å². The standard InChI is InChI=1S/C14H23B/c1-3-5-12-15(13-6-4-2)14-10-8-7-9-11-14/h7-11H,3-6,12-13H2,1-2H3. The molecule has 0 fully saturated rings. The minimum atomic E-state index is 0.797. The molecule has 0 N–H and O–H groups in total. The van der Waals surface area contributed by atoms with E-state index in [9.17, 15) is 0 Å². The molecule has 1 aromatic carbocycles. The van der Waals surface area contributed by atoms with Gasteiger partial charge in [-0.25, -0.2) is 0 Å². The molecular formula is C14H23B. The van der Waals surface area contributed by atoms with Crippen LogP contribution in [0, 0.1) is 0 Å². The highest BCUT2D eigenvalue weighted by Crippen LogP contribution is 2.10. The Balaban J connectivity index is 2.55. The maximum absolute atomic E-state index is 2.29. The Morgan fingerprint density at radius 1 is 0.867 bits per heavy atom. The lowest BCUT2D eigenvalue weighted by Crippen LogP contribution is -2.29. The largest absolute Gasteiger partial charge is 0.175 e. The molecule has 0 bridgehead atoms. The zero-order valence-corrected chi connectivity index (χ0v) is 10.2. The Morgan fingerprint density at radius 2 is 1.40 bits per heavy atom. The van der Waals surface area contributed by atoms with Crippen molar-refractivity contribution in [3.63, 3.8) is 0 Å². The number of hydrogen-bond donors (Lipinski definition) is 0. The van der Waals surface area contributed by atoms with Crippen molar-refractivity contribution in [2.45, 2.75) is 52.2 Å². The summed E-state index contributed by atoms with van der Waals surface area (Å²) in [7, 11) is 0. The molecule has 0 aliphatic carbocycles. The summed E-state index contributed by atoms with van der Waals surface area (Å²) in [6, 6.07) is 11.0. The fraction of sp³-hybridized carbons (Fsp3) is 0.571. The lowest BCUT2D eigenvalue weighted by Gasteiger charge is -2.12. The topological polar surface area (TPSA) is 0 Å². The molecule has 0 heterocycles. The van der Waals surface area contributed by atoms with Gasteiger partial charge in [-0.05, 0) is 0 Å². The van der Waals surface area contributed by atoms with Gasteiger partial charge in [0.15, 0.2) is 6.71 Å². The Labute approximate surface area is 95.2 Å². The Bertz CT molecular complexity index is 235. The molecule has 82 valence electrons. The van der Waals surface area contributed by atoms with Crippen LogP contribution in [0.25, 0.3) is 0 Å². The second kappa shape index (κ2) is 7.56. The predicted octanol–water partition coefficient (Wildman–Crippen LogP) is 3.99. The third-order valence-electron chi connectivity index (χ3n) is 3.08. The van der Waals surface area contributed by atoms with E-state index in [1.54, 1.807) is 5.46 Å². The first-order valence-corrected chi connectivity index (χ1v) is 6.43. The monoisotopic (exact) mass is 202 g/mol. The zero-order chi connectivity index (χ0) is 10.9. The zero-order valence-electron chi connectivity index (χ0n) is 10.2. The minimum absolute atomic E-state index is 0.797. The molecule has 1 aromatic rings. The highest BCUT2D eigenvalue weighted by atomic mass is 13.9. The van der Waals surface area contributed by atoms with E-state index in [0.29, 0.717) is 0 Å². The van der Waals surface area contributed by atoms with Crippen LogP contribution in [-0.4, -0.2) is 6.71 Å². The summed E-state index contributed by atoms with van der Waals surface area (Å²) < 4.78 is 0. The van der Waals surface area contributed by atoms with Crippen molar-refractivity contribution in [3.05, 3.63) is 30.3 Å². The van der Waals surface area contributed by atoms with E-state index in [1.165, 1.54) is 38.3 Å². The molecule has 0 saturated heterocycles. The first-order chi connectivity index (χ1) is 7.38. The highest BCUT2D eigenvalue weighted by Gasteiger charge is 2.14. The van der Waals surface area contributed by atoms with Gasteiger partial charge in [0, 0.05) is 0 Å². The van der Waals surface area contributed by atoms with Crippen molar-refractivity contribution in [1.29, 1.82) is 0 Å². The smallest absolute Gasteiger partial charge is 0.0801 e. The molecule has 1 heteroatoms. The van der Waals surface area contributed by atoms with Crippen molar-refractivity contribution >= 4 is 12.2 Å². The van der Waals surface area contributed by atoms with E-state index in [2.05, 4.69) is 44.2 Å². The number of benzene rings is 1. The van der Waals surface area contributed by atoms with Crippen LogP contribution in [0.2, 0.25) is 12.6 Å². The highest BCUT2D eigenvalue weighted by molar-refractivity contribution is 6.73. The number of hydrogen-bond acceptors (Lipinski definition) is 0. The second-order valence-electron chi connectivity index (χ2n) is 4.39. The molecule has 0 spiro atoms. The first-order valence-electron chi connectivity index (χ1n) is 6.43. The maximum atomic E-state index is 2.29. The molecule has 0 aliphatic rings. The quantitative estimate of drug-likeness (QED) is 0.586. The summed E-state index contributed by atoms with van der Waals surface area (Å²) in [6.45, 7) is 5.36. The van der Waals surface area contributed by atoms with E-state index >= 15 is 0 Å². The fourth-order valence-electron chi connectivity index (χ4n) is 2.10. The summed E-state index contributed by atoms with van der Waals surface area (Å²) in [6.07, 6.45) is 8.08. The molecule has 0 unspecified atom stereocenters. The molecule has 0 nitrogen and oxygen atoms in total. The van der Waals surface area contributed by atoms with Crippen LogP contribution in [-0.2, 0) is 0 Å². The molecule has 0 aliphatic heterocycles. The van der Waals surface area contributed by atoms with E-state index < -0.39 is 0 Å². The molecule has 0 atom stereocenters. The Kier molecular flexibility index (Phi) is 6.23. The van der Waals surface area contributed by atoms with E-state index in [0.717, 1.165) is 6.71 Å². The van der Waals surface area contributed by atoms with Crippen molar-refractivity contribution in [2.75, 3.05) is 0 Å². The van der Waals surface area contributed by atoms with Gasteiger partial charge in [0.2, 0.25) is 0 Å². The van der Waals surface area contributed by atoms with Crippen molar-refractivity contribution in [3.8, 4) is 0 Å². The molecular weight excluding hydrogens is 179 g/mol. The Morgan fingerprint density at radius 3 is 1.87 bits per heavy atom. The second-order valence-corrected chi connectivity index (χ2v) is 4.39. The van der Waals surface area contributed by atoms with Crippen molar-refractivity contribution in [1.82, 2.24) is 0 Å². The number of rotatable bonds is 7. The van der Waals surface area contributed by atoms with Gasteiger partial charge in [-0.15, -0.1) is 0 Å². The predicted molar refractivity (Wildman–Crippen MR) is 71.3 cm³/mol. The third kappa shape index (κ3) is 4.55. The van der Waals surface area contributed by atoms with Gasteiger partial charge >= 0.3 is 0 Å². The summed E-state index contributed by atoms with van der Waals surface area (Å²) in [5, 5.41) is 0. The van der Waals surface area contributed by atoms with Crippen LogP contribution in [0.1, 0.15) is 39.5 Å². The average Bonchev–Trinajstić information content (AvgIpc) is 2.30. The number of unbranched alkanes of at least 4 members (excludes halogenated alkanes) is 2. The van der Waals surface area contributed by atoms with Gasteiger partial charge in [0.05, 0.1) is 0 Å². The van der Waals surface area contributed by atoms with Gasteiger partial charge in [0.1, 0.15) is 0 Å². The van der Waals surface area contributed by atoms with Gasteiger partial charge in [-0.3, -0.25) is 0 Å². The summed E-state index contributed by atoms with van der Waals surface area (Å²) in [5.74, 6) is 0. The summed E-state index contributed by atoms with van der Waals surface area (Å²) >= 11 is 0. The van der Waals surface area contributed by atoms with Gasteiger partial charge < -0.3 is 0 Å². The minimum Gasteiger partial charge on any atom is -0.0801 e. The maximum Gasteiger partial charge on any atom is 0.175 e. The molecule has 0 radical (unpaired) electrons. The van der Waals surface area contributed by atoms with Crippen molar-refractivity contribution in [2.24, 2.45) is 0 Å². The summed E-state index contributed by atoms with van der Waals surface area (Å²) in [4.78, 5) is 0. The lowest BCUT2D eigenvalue weighted by molar-refractivity contribution is 0.845. The molecule has 0 aromatic heterocycles. The Hall–Kier alpha value is -0.715. The van der Waals surface area contributed by atoms with Gasteiger partial charge in [0.25, 0.3) is 0 Å². The SMILES string of the molecule is CCCCB(CCCC)c1ccccc1. The van der Waals surface area contributed by atoms with Crippen LogP contribution in [0.4, 0.5) is 0 Å². The van der Waals surface area contributed by atoms with Crippen LogP contribution in [0.15, 0.2) is 30.3 Å². The molecule has 0 amide bonds. The third-order valence-corrected chi connectivity index (χ3v) is 3.08. The summed E-state index contributed by atoms with van der Waals surface area (Å²) in [5.41, 5.74) is 1.54. The van der Waals surface area contributed by atoms with Crippen molar-refractivity contribution < 1.29 is 0 Å². The fourth-order valence-corrected chi connectivity index (χ4v) is 2.10. The van der Waals surface area contributed by atoms with Crippen LogP contribution in [0.3, 0.4) is 0 Å². The van der Waals surface area contributed by atoms with Gasteiger partial charge in [-0.2, -0.15) is 0 Å². The molecule has 15 heavy (non-hydrogen) atoms. The van der Waals surface area contributed by atoms with Crippen LogP contribution < -0.4 is 5.46 Å². The average molecular weight is 202 g/mol. The normalized spacial score (nSPS) is 10.3. The van der Waals surface area contributed by atoms with Crippen LogP contribution >= 0.6 is 0 Å². The lowest BCUT2D eigenvalue weighted by atomic mass is 9.39. The van der Waals surface area contributed by atoms with E-state index in [1.807, 2.05) is 0 Å². The molecule has 1 rings (SSSR count). The molecule has 0 saturated carbocycles. The van der Waals surface area contributed by atoms with E-state index in [-0.39, 0.29) is 0 Å². The van der Waals surface area contributed by atoms with Gasteiger partial charge in [-0.1, -0.05) is 88.0 Å². The van der Waals surface area contributed by atoms with E-state index in [4.69, 9.17) is 0 Å².